The molecular weight excluding hydrogens is 254 g/mol. The molecule has 122 valence electrons. The van der Waals surface area contributed by atoms with Gasteiger partial charge < -0.3 is 5.73 Å². The van der Waals surface area contributed by atoms with E-state index in [1.807, 2.05) is 0 Å². The van der Waals surface area contributed by atoms with Crippen LogP contribution < -0.4 is 5.73 Å². The Balaban J connectivity index is 0.000000433. The molecule has 1 aromatic rings. The van der Waals surface area contributed by atoms with Crippen molar-refractivity contribution in [2.24, 2.45) is 11.7 Å². The Morgan fingerprint density at radius 3 is 1.76 bits per heavy atom. The molecule has 0 amide bonds. The Hall–Kier alpha value is -0.820. The van der Waals surface area contributed by atoms with E-state index in [1.54, 1.807) is 0 Å². The molecule has 1 heteroatoms. The topological polar surface area (TPSA) is 26.0 Å². The lowest BCUT2D eigenvalue weighted by atomic mass is 9.91. The molecule has 2 N–H and O–H groups in total. The Labute approximate surface area is 133 Å². The molecule has 1 unspecified atom stereocenters. The van der Waals surface area contributed by atoms with Gasteiger partial charge in [-0.2, -0.15) is 0 Å². The van der Waals surface area contributed by atoms with Gasteiger partial charge in [0.1, 0.15) is 0 Å². The first-order valence-electron chi connectivity index (χ1n) is 8.94. The van der Waals surface area contributed by atoms with Crippen molar-refractivity contribution in [2.75, 3.05) is 6.54 Å². The molecule has 1 nitrogen and oxygen atoms in total. The summed E-state index contributed by atoms with van der Waals surface area (Å²) in [6, 6.07) is 10.9. The van der Waals surface area contributed by atoms with Crippen molar-refractivity contribution in [3.8, 4) is 0 Å². The maximum Gasteiger partial charge on any atom is -0.00747 e. The molecule has 0 aliphatic heterocycles. The Morgan fingerprint density at radius 2 is 1.33 bits per heavy atom. The molecule has 0 aliphatic carbocycles. The van der Waals surface area contributed by atoms with Gasteiger partial charge in [0.05, 0.1) is 0 Å². The molecule has 0 aromatic heterocycles. The predicted molar refractivity (Wildman–Crippen MR) is 96.7 cm³/mol. The van der Waals surface area contributed by atoms with Gasteiger partial charge in [-0.3, -0.25) is 0 Å². The van der Waals surface area contributed by atoms with E-state index in [1.165, 1.54) is 50.5 Å². The van der Waals surface area contributed by atoms with Crippen molar-refractivity contribution in [2.45, 2.75) is 78.6 Å². The van der Waals surface area contributed by atoms with Crippen LogP contribution in [0.4, 0.5) is 0 Å². The largest absolute Gasteiger partial charge is 0.330 e. The zero-order valence-corrected chi connectivity index (χ0v) is 14.8. The fraction of sp³-hybridized carbons (Fsp3) is 0.700. The molecule has 21 heavy (non-hydrogen) atoms. The minimum atomic E-state index is 0.788. The average Bonchev–Trinajstić information content (AvgIpc) is 2.49. The van der Waals surface area contributed by atoms with Crippen LogP contribution in [0, 0.1) is 5.92 Å². The second kappa shape index (κ2) is 14.1. The molecule has 1 rings (SSSR count). The van der Waals surface area contributed by atoms with Crippen molar-refractivity contribution in [3.05, 3.63) is 35.9 Å². The highest BCUT2D eigenvalue weighted by Gasteiger charge is 2.07. The van der Waals surface area contributed by atoms with Crippen LogP contribution in [0.1, 0.15) is 84.1 Å². The second-order valence-corrected chi connectivity index (χ2v) is 6.16. The standard InChI is InChI=1S/C13H20.C7H17N/c1-3-8-12(9-4-2)13-10-6-5-7-11-13;1-3-4-7(2)5-6-8/h5-7,10-12H,3-4,8-9H2,1-2H3;7H,3-6,8H2,1-2H3. The molecule has 0 fully saturated rings. The van der Waals surface area contributed by atoms with Gasteiger partial charge in [-0.25, -0.2) is 0 Å². The lowest BCUT2D eigenvalue weighted by Gasteiger charge is -2.15. The van der Waals surface area contributed by atoms with E-state index in [4.69, 9.17) is 5.73 Å². The molecule has 0 spiro atoms. The Morgan fingerprint density at radius 1 is 0.810 bits per heavy atom. The second-order valence-electron chi connectivity index (χ2n) is 6.16. The third kappa shape index (κ3) is 10.5. The van der Waals surface area contributed by atoms with E-state index in [-0.39, 0.29) is 0 Å². The lowest BCUT2D eigenvalue weighted by molar-refractivity contribution is 0.493. The Bertz CT molecular complexity index is 295. The van der Waals surface area contributed by atoms with Crippen LogP contribution in [-0.4, -0.2) is 6.54 Å². The molecule has 1 atom stereocenters. The number of benzene rings is 1. The summed E-state index contributed by atoms with van der Waals surface area (Å²) in [7, 11) is 0. The van der Waals surface area contributed by atoms with Gasteiger partial charge in [0, 0.05) is 0 Å². The molecule has 0 saturated carbocycles. The van der Waals surface area contributed by atoms with Crippen molar-refractivity contribution in [1.29, 1.82) is 0 Å². The number of hydrogen-bond donors (Lipinski definition) is 1. The van der Waals surface area contributed by atoms with Crippen LogP contribution >= 0.6 is 0 Å². The highest BCUT2D eigenvalue weighted by atomic mass is 14.5. The third-order valence-electron chi connectivity index (χ3n) is 3.99. The molecule has 0 heterocycles. The van der Waals surface area contributed by atoms with Gasteiger partial charge >= 0.3 is 0 Å². The normalized spacial score (nSPS) is 11.9. The molecular formula is C20H37N. The number of nitrogens with two attached hydrogens (primary N) is 1. The molecule has 0 aliphatic rings. The number of hydrogen-bond acceptors (Lipinski definition) is 1. The summed E-state index contributed by atoms with van der Waals surface area (Å²) in [4.78, 5) is 0. The van der Waals surface area contributed by atoms with Crippen LogP contribution in [0.2, 0.25) is 0 Å². The van der Waals surface area contributed by atoms with Crippen LogP contribution in [0.15, 0.2) is 30.3 Å². The summed E-state index contributed by atoms with van der Waals surface area (Å²) in [6.45, 7) is 9.86. The molecule has 1 aromatic carbocycles. The highest BCUT2D eigenvalue weighted by Crippen LogP contribution is 2.25. The first kappa shape index (κ1) is 20.2. The van der Waals surface area contributed by atoms with Crippen molar-refractivity contribution < 1.29 is 0 Å². The van der Waals surface area contributed by atoms with Crippen molar-refractivity contribution in [3.63, 3.8) is 0 Å². The van der Waals surface area contributed by atoms with E-state index in [2.05, 4.69) is 58.0 Å². The summed E-state index contributed by atoms with van der Waals surface area (Å²) >= 11 is 0. The maximum atomic E-state index is 5.36. The molecule has 0 bridgehead atoms. The van der Waals surface area contributed by atoms with Gasteiger partial charge in [-0.05, 0) is 43.2 Å². The van der Waals surface area contributed by atoms with E-state index in [9.17, 15) is 0 Å². The number of rotatable bonds is 9. The summed E-state index contributed by atoms with van der Waals surface area (Å²) in [6.07, 6.45) is 9.06. The summed E-state index contributed by atoms with van der Waals surface area (Å²) in [5, 5.41) is 0. The van der Waals surface area contributed by atoms with Crippen LogP contribution in [0.25, 0.3) is 0 Å². The maximum absolute atomic E-state index is 5.36. The average molecular weight is 292 g/mol. The van der Waals surface area contributed by atoms with Gasteiger partial charge in [0.15, 0.2) is 0 Å². The van der Waals surface area contributed by atoms with Crippen LogP contribution in [0.5, 0.6) is 0 Å². The summed E-state index contributed by atoms with van der Waals surface area (Å²) in [5.41, 5.74) is 6.88. The van der Waals surface area contributed by atoms with Gasteiger partial charge in [0.2, 0.25) is 0 Å². The van der Waals surface area contributed by atoms with Crippen molar-refractivity contribution in [1.82, 2.24) is 0 Å². The first-order valence-corrected chi connectivity index (χ1v) is 8.94. The minimum absolute atomic E-state index is 0.788. The minimum Gasteiger partial charge on any atom is -0.330 e. The summed E-state index contributed by atoms with van der Waals surface area (Å²) in [5.74, 6) is 1.63. The molecule has 0 saturated heterocycles. The molecule has 0 radical (unpaired) electrons. The van der Waals surface area contributed by atoms with E-state index < -0.39 is 0 Å². The monoisotopic (exact) mass is 291 g/mol. The lowest BCUT2D eigenvalue weighted by Crippen LogP contribution is -2.04. The fourth-order valence-electron chi connectivity index (χ4n) is 2.82. The van der Waals surface area contributed by atoms with Gasteiger partial charge in [-0.1, -0.05) is 83.7 Å². The smallest absolute Gasteiger partial charge is 0.00747 e. The predicted octanol–water partition coefficient (Wildman–Crippen LogP) is 6.14. The third-order valence-corrected chi connectivity index (χ3v) is 3.99. The summed E-state index contributed by atoms with van der Waals surface area (Å²) < 4.78 is 0. The van der Waals surface area contributed by atoms with Crippen LogP contribution in [-0.2, 0) is 0 Å². The Kier molecular flexibility index (Phi) is 13.6. The van der Waals surface area contributed by atoms with E-state index in [0.29, 0.717) is 0 Å². The van der Waals surface area contributed by atoms with Crippen molar-refractivity contribution >= 4 is 0 Å². The van der Waals surface area contributed by atoms with Gasteiger partial charge in [-0.15, -0.1) is 0 Å². The first-order chi connectivity index (χ1) is 10.2. The van der Waals surface area contributed by atoms with Gasteiger partial charge in [0.25, 0.3) is 0 Å². The van der Waals surface area contributed by atoms with E-state index >= 15 is 0 Å². The van der Waals surface area contributed by atoms with Crippen LogP contribution in [0.3, 0.4) is 0 Å². The van der Waals surface area contributed by atoms with E-state index in [0.717, 1.165) is 18.4 Å². The zero-order valence-electron chi connectivity index (χ0n) is 14.8. The SMILES string of the molecule is CCCC(C)CCN.CCCC(CCC)c1ccccc1. The highest BCUT2D eigenvalue weighted by molar-refractivity contribution is 5.19. The fourth-order valence-corrected chi connectivity index (χ4v) is 2.82. The quantitative estimate of drug-likeness (QED) is 0.581. The zero-order chi connectivity index (χ0) is 15.9.